The Balaban J connectivity index is 1.97. The number of hydrogen-bond donors (Lipinski definition) is 0. The van der Waals surface area contributed by atoms with E-state index in [0.29, 0.717) is 13.2 Å². The van der Waals surface area contributed by atoms with Gasteiger partial charge < -0.3 is 18.9 Å². The highest BCUT2D eigenvalue weighted by atomic mass is 16.8. The summed E-state index contributed by atoms with van der Waals surface area (Å²) in [6, 6.07) is 0. The molecule has 0 N–H and O–H groups in total. The first kappa shape index (κ1) is 32.9. The molecule has 0 aromatic carbocycles. The van der Waals surface area contributed by atoms with Gasteiger partial charge in [-0.1, -0.05) is 129 Å². The zero-order valence-electron chi connectivity index (χ0n) is 24.3. The van der Waals surface area contributed by atoms with Gasteiger partial charge in [0.1, 0.15) is 12.2 Å². The second-order valence-electron chi connectivity index (χ2n) is 11.2. The van der Waals surface area contributed by atoms with Crippen molar-refractivity contribution in [3.05, 3.63) is 0 Å². The van der Waals surface area contributed by atoms with Gasteiger partial charge in [-0.2, -0.15) is 0 Å². The molecule has 0 amide bonds. The molecule has 0 bridgehead atoms. The Morgan fingerprint density at radius 3 is 1.06 bits per heavy atom. The third kappa shape index (κ3) is 19.6. The van der Waals surface area contributed by atoms with Crippen molar-refractivity contribution in [2.45, 2.75) is 174 Å². The van der Waals surface area contributed by atoms with Crippen LogP contribution in [0.4, 0.5) is 0 Å². The molecule has 0 aliphatic carbocycles. The zero-order chi connectivity index (χ0) is 25.5. The lowest BCUT2D eigenvalue weighted by atomic mass is 10.1. The predicted octanol–water partition coefficient (Wildman–Crippen LogP) is 9.38. The highest BCUT2D eigenvalue weighted by Gasteiger charge is 2.41. The van der Waals surface area contributed by atoms with E-state index in [1.807, 2.05) is 13.8 Å². The first-order valence-electron chi connectivity index (χ1n) is 15.6. The molecule has 2 atom stereocenters. The maximum absolute atomic E-state index is 6.09. The minimum absolute atomic E-state index is 0.0270. The average molecular weight is 499 g/mol. The van der Waals surface area contributed by atoms with Crippen LogP contribution >= 0.6 is 0 Å². The summed E-state index contributed by atoms with van der Waals surface area (Å²) in [7, 11) is 0. The van der Waals surface area contributed by atoms with Crippen LogP contribution in [0.25, 0.3) is 0 Å². The van der Waals surface area contributed by atoms with Crippen molar-refractivity contribution < 1.29 is 18.9 Å². The number of unbranched alkanes of at least 4 members (excludes halogenated alkanes) is 18. The average Bonchev–Trinajstić information content (AvgIpc) is 3.13. The topological polar surface area (TPSA) is 36.9 Å². The van der Waals surface area contributed by atoms with Gasteiger partial charge in [-0.3, -0.25) is 0 Å². The van der Waals surface area contributed by atoms with Gasteiger partial charge in [0.25, 0.3) is 0 Å². The fourth-order valence-electron chi connectivity index (χ4n) is 4.97. The van der Waals surface area contributed by atoms with E-state index in [9.17, 15) is 0 Å². The molecule has 0 aromatic rings. The summed E-state index contributed by atoms with van der Waals surface area (Å²) in [4.78, 5) is 0. The van der Waals surface area contributed by atoms with E-state index >= 15 is 0 Å². The highest BCUT2D eigenvalue weighted by molar-refractivity contribution is 4.81. The molecule has 1 rings (SSSR count). The SMILES string of the molecule is CCCCCCCCCCCCOC[C@@H]1OC(C)(C)O[C@H]1COCCCCCCCCCCCC. The van der Waals surface area contributed by atoms with E-state index in [1.165, 1.54) is 116 Å². The van der Waals surface area contributed by atoms with Gasteiger partial charge in [0.2, 0.25) is 0 Å². The van der Waals surface area contributed by atoms with Crippen LogP contribution in [0.1, 0.15) is 156 Å². The van der Waals surface area contributed by atoms with Crippen molar-refractivity contribution >= 4 is 0 Å². The predicted molar refractivity (Wildman–Crippen MR) is 149 cm³/mol. The Labute approximate surface area is 219 Å². The normalized spacial score (nSPS) is 19.5. The standard InChI is InChI=1S/C31H62O4/c1-5-7-9-11-13-15-17-19-21-23-25-32-27-29-30(35-31(3,4)34-29)28-33-26-24-22-20-18-16-14-12-10-8-6-2/h29-30H,5-28H2,1-4H3/t29-,30-/m0/s1. The third-order valence-corrected chi connectivity index (χ3v) is 7.13. The van der Waals surface area contributed by atoms with Crippen molar-refractivity contribution in [1.82, 2.24) is 0 Å². The van der Waals surface area contributed by atoms with Crippen LogP contribution in [0.3, 0.4) is 0 Å². The van der Waals surface area contributed by atoms with Crippen molar-refractivity contribution in [3.63, 3.8) is 0 Å². The molecule has 210 valence electrons. The van der Waals surface area contributed by atoms with Gasteiger partial charge in [-0.25, -0.2) is 0 Å². The summed E-state index contributed by atoms with van der Waals surface area (Å²) in [6.45, 7) is 11.4. The van der Waals surface area contributed by atoms with E-state index in [4.69, 9.17) is 18.9 Å². The van der Waals surface area contributed by atoms with Gasteiger partial charge in [-0.15, -0.1) is 0 Å². The summed E-state index contributed by atoms with van der Waals surface area (Å²) in [5.41, 5.74) is 0. The Bertz CT molecular complexity index is 402. The number of hydrogen-bond acceptors (Lipinski definition) is 4. The van der Waals surface area contributed by atoms with Crippen LogP contribution in [0.15, 0.2) is 0 Å². The molecular formula is C31H62O4. The van der Waals surface area contributed by atoms with Gasteiger partial charge >= 0.3 is 0 Å². The van der Waals surface area contributed by atoms with Crippen LogP contribution in [0.5, 0.6) is 0 Å². The van der Waals surface area contributed by atoms with E-state index in [-0.39, 0.29) is 12.2 Å². The summed E-state index contributed by atoms with van der Waals surface area (Å²) >= 11 is 0. The molecule has 0 aromatic heterocycles. The molecule has 0 saturated carbocycles. The molecule has 35 heavy (non-hydrogen) atoms. The molecule has 1 aliphatic heterocycles. The summed E-state index contributed by atoms with van der Waals surface area (Å²) in [6.07, 6.45) is 27.0. The zero-order valence-corrected chi connectivity index (χ0v) is 24.3. The Morgan fingerprint density at radius 1 is 0.457 bits per heavy atom. The van der Waals surface area contributed by atoms with Crippen LogP contribution in [0, 0.1) is 0 Å². The fraction of sp³-hybridized carbons (Fsp3) is 1.00. The minimum atomic E-state index is -0.545. The summed E-state index contributed by atoms with van der Waals surface area (Å²) < 4.78 is 24.1. The van der Waals surface area contributed by atoms with Crippen molar-refractivity contribution in [3.8, 4) is 0 Å². The molecule has 1 fully saturated rings. The first-order chi connectivity index (χ1) is 17.1. The van der Waals surface area contributed by atoms with Crippen molar-refractivity contribution in [1.29, 1.82) is 0 Å². The molecular weight excluding hydrogens is 436 g/mol. The maximum atomic E-state index is 6.09. The van der Waals surface area contributed by atoms with E-state index in [0.717, 1.165) is 26.1 Å². The lowest BCUT2D eigenvalue weighted by Crippen LogP contribution is -2.32. The molecule has 0 spiro atoms. The quantitative estimate of drug-likeness (QED) is 0.111. The lowest BCUT2D eigenvalue weighted by molar-refractivity contribution is -0.154. The maximum Gasteiger partial charge on any atom is 0.163 e. The molecule has 0 radical (unpaired) electrons. The fourth-order valence-corrected chi connectivity index (χ4v) is 4.97. The molecule has 1 heterocycles. The molecule has 0 unspecified atom stereocenters. The molecule has 1 aliphatic rings. The van der Waals surface area contributed by atoms with Crippen LogP contribution in [-0.2, 0) is 18.9 Å². The largest absolute Gasteiger partial charge is 0.379 e. The number of ether oxygens (including phenoxy) is 4. The van der Waals surface area contributed by atoms with Crippen molar-refractivity contribution in [2.24, 2.45) is 0 Å². The van der Waals surface area contributed by atoms with Crippen molar-refractivity contribution in [2.75, 3.05) is 26.4 Å². The highest BCUT2D eigenvalue weighted by Crippen LogP contribution is 2.28. The third-order valence-electron chi connectivity index (χ3n) is 7.13. The van der Waals surface area contributed by atoms with Gasteiger partial charge in [0.15, 0.2) is 5.79 Å². The summed E-state index contributed by atoms with van der Waals surface area (Å²) in [5, 5.41) is 0. The first-order valence-corrected chi connectivity index (χ1v) is 15.6. The Morgan fingerprint density at radius 2 is 0.743 bits per heavy atom. The number of rotatable bonds is 26. The second-order valence-corrected chi connectivity index (χ2v) is 11.2. The minimum Gasteiger partial charge on any atom is -0.379 e. The van der Waals surface area contributed by atoms with Crippen LogP contribution in [0.2, 0.25) is 0 Å². The van der Waals surface area contributed by atoms with E-state index in [2.05, 4.69) is 13.8 Å². The van der Waals surface area contributed by atoms with Gasteiger partial charge in [-0.05, 0) is 26.7 Å². The molecule has 4 heteroatoms. The smallest absolute Gasteiger partial charge is 0.163 e. The summed E-state index contributed by atoms with van der Waals surface area (Å²) in [5.74, 6) is -0.545. The second kappa shape index (κ2) is 23.0. The monoisotopic (exact) mass is 498 g/mol. The van der Waals surface area contributed by atoms with Crippen LogP contribution < -0.4 is 0 Å². The van der Waals surface area contributed by atoms with E-state index < -0.39 is 5.79 Å². The lowest BCUT2D eigenvalue weighted by Gasteiger charge is -2.17. The Hall–Kier alpha value is -0.160. The molecule has 1 saturated heterocycles. The molecule has 4 nitrogen and oxygen atoms in total. The van der Waals surface area contributed by atoms with E-state index in [1.54, 1.807) is 0 Å². The van der Waals surface area contributed by atoms with Gasteiger partial charge in [0.05, 0.1) is 13.2 Å². The Kier molecular flexibility index (Phi) is 21.6. The van der Waals surface area contributed by atoms with Crippen LogP contribution in [-0.4, -0.2) is 44.4 Å². The van der Waals surface area contributed by atoms with Gasteiger partial charge in [0, 0.05) is 13.2 Å².